The maximum atomic E-state index is 13.2. The molecule has 6 heteroatoms. The first-order valence-electron chi connectivity index (χ1n) is 9.42. The van der Waals surface area contributed by atoms with E-state index < -0.39 is 23.3 Å². The molecule has 152 valence electrons. The summed E-state index contributed by atoms with van der Waals surface area (Å²) in [6.45, 7) is 12.6. The fourth-order valence-corrected chi connectivity index (χ4v) is 3.21. The average molecular weight is 394 g/mol. The van der Waals surface area contributed by atoms with Gasteiger partial charge in [-0.05, 0) is 49.4 Å². The molecule has 2 rings (SSSR count). The van der Waals surface area contributed by atoms with Crippen molar-refractivity contribution in [2.45, 2.75) is 53.2 Å². The lowest BCUT2D eigenvalue weighted by atomic mass is 9.98. The lowest BCUT2D eigenvalue weighted by molar-refractivity contribution is 0.0810. The Morgan fingerprint density at radius 2 is 2.00 bits per heavy atom. The van der Waals surface area contributed by atoms with Gasteiger partial charge in [0.1, 0.15) is 17.4 Å². The summed E-state index contributed by atoms with van der Waals surface area (Å²) in [4.78, 5) is 25.6. The molecule has 0 amide bonds. The van der Waals surface area contributed by atoms with Crippen molar-refractivity contribution in [1.82, 2.24) is 4.57 Å². The summed E-state index contributed by atoms with van der Waals surface area (Å²) in [7, 11) is 0. The second-order valence-corrected chi connectivity index (χ2v) is 7.34. The number of nitriles is 1. The minimum absolute atomic E-state index is 0.0233. The highest BCUT2D eigenvalue weighted by molar-refractivity contribution is 6.03. The van der Waals surface area contributed by atoms with Crippen LogP contribution in [0.4, 0.5) is 0 Å². The quantitative estimate of drug-likeness (QED) is 0.566. The van der Waals surface area contributed by atoms with Crippen LogP contribution in [0, 0.1) is 25.2 Å². The number of carbonyl (C=O) groups excluding carboxylic acids is 1. The fourth-order valence-electron chi connectivity index (χ4n) is 3.21. The minimum Gasteiger partial charge on any atom is -0.494 e. The summed E-state index contributed by atoms with van der Waals surface area (Å²) < 4.78 is 6.93. The zero-order valence-electron chi connectivity index (χ0n) is 17.4. The summed E-state index contributed by atoms with van der Waals surface area (Å²) in [6, 6.07) is 7.65. The molecule has 0 aliphatic rings. The van der Waals surface area contributed by atoms with Crippen molar-refractivity contribution >= 4 is 5.78 Å². The van der Waals surface area contributed by atoms with Gasteiger partial charge in [-0.25, -0.2) is 0 Å². The van der Waals surface area contributed by atoms with E-state index in [0.29, 0.717) is 5.75 Å². The zero-order chi connectivity index (χ0) is 21.9. The van der Waals surface area contributed by atoms with Gasteiger partial charge in [-0.15, -0.1) is 6.58 Å². The number of pyridine rings is 1. The van der Waals surface area contributed by atoms with Crippen LogP contribution in [-0.4, -0.2) is 21.6 Å². The number of allylic oxidation sites excluding steroid dienone is 1. The molecule has 0 radical (unpaired) electrons. The summed E-state index contributed by atoms with van der Waals surface area (Å²) in [5.74, 6) is -0.202. The Bertz CT molecular complexity index is 1060. The van der Waals surface area contributed by atoms with E-state index in [9.17, 15) is 20.0 Å². The Morgan fingerprint density at radius 3 is 2.55 bits per heavy atom. The molecule has 0 aliphatic heterocycles. The van der Waals surface area contributed by atoms with E-state index >= 15 is 0 Å². The van der Waals surface area contributed by atoms with Crippen molar-refractivity contribution in [3.8, 4) is 17.7 Å². The number of ether oxygens (including phenoxy) is 1. The molecule has 1 aromatic carbocycles. The Morgan fingerprint density at radius 1 is 1.34 bits per heavy atom. The highest BCUT2D eigenvalue weighted by Crippen LogP contribution is 2.30. The lowest BCUT2D eigenvalue weighted by Gasteiger charge is -2.21. The molecular formula is C23H26N2O4. The molecule has 1 heterocycles. The number of hydrogen-bond acceptors (Lipinski definition) is 5. The highest BCUT2D eigenvalue weighted by atomic mass is 16.5. The van der Waals surface area contributed by atoms with Crippen molar-refractivity contribution in [3.05, 3.63) is 69.0 Å². The van der Waals surface area contributed by atoms with Gasteiger partial charge in [0.05, 0.1) is 5.56 Å². The Labute approximate surface area is 170 Å². The van der Waals surface area contributed by atoms with Gasteiger partial charge < -0.3 is 9.84 Å². The SMILES string of the molecule is C=CCn1c(O)c(C(=O)C(C)Oc2cc(C)ccc2C(C)C)c(C)c(C#N)c1=O. The van der Waals surface area contributed by atoms with Gasteiger partial charge in [0, 0.05) is 6.54 Å². The molecule has 0 aliphatic carbocycles. The van der Waals surface area contributed by atoms with E-state index in [0.717, 1.165) is 15.7 Å². The standard InChI is InChI=1S/C23H26N2O4/c1-7-10-25-22(27)18(12-24)15(5)20(23(25)28)21(26)16(6)29-19-11-14(4)8-9-17(19)13(2)3/h7-9,11,13,16,28H,1,10H2,2-6H3. The third-order valence-corrected chi connectivity index (χ3v) is 4.82. The van der Waals surface area contributed by atoms with E-state index in [1.54, 1.807) is 6.92 Å². The Kier molecular flexibility index (Phi) is 6.65. The van der Waals surface area contributed by atoms with E-state index in [4.69, 9.17) is 4.74 Å². The molecule has 2 aromatic rings. The van der Waals surface area contributed by atoms with Crippen LogP contribution in [0.1, 0.15) is 59.3 Å². The van der Waals surface area contributed by atoms with Crippen LogP contribution in [0.3, 0.4) is 0 Å². The van der Waals surface area contributed by atoms with E-state index in [-0.39, 0.29) is 29.2 Å². The van der Waals surface area contributed by atoms with Crippen molar-refractivity contribution in [2.24, 2.45) is 0 Å². The average Bonchev–Trinajstić information content (AvgIpc) is 2.65. The third kappa shape index (κ3) is 4.24. The molecule has 1 unspecified atom stereocenters. The molecule has 0 fully saturated rings. The summed E-state index contributed by atoms with van der Waals surface area (Å²) in [5, 5.41) is 20.0. The summed E-state index contributed by atoms with van der Waals surface area (Å²) in [5.41, 5.74) is 1.17. The predicted octanol–water partition coefficient (Wildman–Crippen LogP) is 4.00. The third-order valence-electron chi connectivity index (χ3n) is 4.82. The number of aromatic hydroxyl groups is 1. The summed E-state index contributed by atoms with van der Waals surface area (Å²) >= 11 is 0. The molecular weight excluding hydrogens is 368 g/mol. The molecule has 0 saturated heterocycles. The van der Waals surface area contributed by atoms with Crippen LogP contribution < -0.4 is 10.3 Å². The summed E-state index contributed by atoms with van der Waals surface area (Å²) in [6.07, 6.45) is 0.480. The van der Waals surface area contributed by atoms with Crippen molar-refractivity contribution in [1.29, 1.82) is 5.26 Å². The van der Waals surface area contributed by atoms with Crippen molar-refractivity contribution in [3.63, 3.8) is 0 Å². The van der Waals surface area contributed by atoms with Gasteiger partial charge in [-0.1, -0.05) is 32.1 Å². The predicted molar refractivity (Wildman–Crippen MR) is 112 cm³/mol. The topological polar surface area (TPSA) is 92.3 Å². The van der Waals surface area contributed by atoms with Gasteiger partial charge >= 0.3 is 0 Å². The molecule has 1 atom stereocenters. The normalized spacial score (nSPS) is 11.8. The fraction of sp³-hybridized carbons (Fsp3) is 0.348. The molecule has 0 bridgehead atoms. The molecule has 0 spiro atoms. The number of ketones is 1. The van der Waals surface area contributed by atoms with Crippen LogP contribution >= 0.6 is 0 Å². The maximum Gasteiger partial charge on any atom is 0.271 e. The van der Waals surface area contributed by atoms with Gasteiger partial charge in [-0.3, -0.25) is 14.2 Å². The number of aromatic nitrogens is 1. The number of Topliss-reactive ketones (excluding diaryl/α,β-unsaturated/α-hetero) is 1. The lowest BCUT2D eigenvalue weighted by Crippen LogP contribution is -2.30. The smallest absolute Gasteiger partial charge is 0.271 e. The first kappa shape index (κ1) is 22.0. The zero-order valence-corrected chi connectivity index (χ0v) is 17.4. The minimum atomic E-state index is -0.930. The number of aryl methyl sites for hydroxylation is 1. The Balaban J connectivity index is 2.54. The number of hydrogen-bond donors (Lipinski definition) is 1. The number of nitrogens with zero attached hydrogens (tertiary/aromatic N) is 2. The number of benzene rings is 1. The van der Waals surface area contributed by atoms with Gasteiger partial charge in [0.25, 0.3) is 5.56 Å². The van der Waals surface area contributed by atoms with Crippen LogP contribution in [0.25, 0.3) is 0 Å². The van der Waals surface area contributed by atoms with Crippen LogP contribution in [0.15, 0.2) is 35.6 Å². The second kappa shape index (κ2) is 8.78. The van der Waals surface area contributed by atoms with Crippen LogP contribution in [-0.2, 0) is 6.54 Å². The van der Waals surface area contributed by atoms with Crippen molar-refractivity contribution in [2.75, 3.05) is 0 Å². The molecule has 0 saturated carbocycles. The van der Waals surface area contributed by atoms with Crippen LogP contribution in [0.2, 0.25) is 0 Å². The molecule has 29 heavy (non-hydrogen) atoms. The number of carbonyl (C=O) groups is 1. The van der Waals surface area contributed by atoms with Gasteiger partial charge in [-0.2, -0.15) is 5.26 Å². The molecule has 6 nitrogen and oxygen atoms in total. The second-order valence-electron chi connectivity index (χ2n) is 7.34. The monoisotopic (exact) mass is 394 g/mol. The van der Waals surface area contributed by atoms with E-state index in [2.05, 4.69) is 6.58 Å². The van der Waals surface area contributed by atoms with Crippen molar-refractivity contribution < 1.29 is 14.6 Å². The Hall–Kier alpha value is -3.33. The maximum absolute atomic E-state index is 13.2. The first-order chi connectivity index (χ1) is 13.6. The van der Waals surface area contributed by atoms with E-state index in [1.807, 2.05) is 45.0 Å². The first-order valence-corrected chi connectivity index (χ1v) is 9.42. The molecule has 1 aromatic heterocycles. The number of rotatable bonds is 7. The van der Waals surface area contributed by atoms with Gasteiger partial charge in [0.2, 0.25) is 11.7 Å². The molecule has 1 N–H and O–H groups in total. The van der Waals surface area contributed by atoms with Crippen LogP contribution in [0.5, 0.6) is 11.6 Å². The van der Waals surface area contributed by atoms with Gasteiger partial charge in [0.15, 0.2) is 6.10 Å². The largest absolute Gasteiger partial charge is 0.494 e. The van der Waals surface area contributed by atoms with E-state index in [1.165, 1.54) is 13.0 Å². The highest BCUT2D eigenvalue weighted by Gasteiger charge is 2.28.